The molecule has 1 fully saturated rings. The van der Waals surface area contributed by atoms with Gasteiger partial charge >= 0.3 is 0 Å². The van der Waals surface area contributed by atoms with Gasteiger partial charge in [-0.15, -0.1) is 0 Å². The van der Waals surface area contributed by atoms with E-state index in [0.717, 1.165) is 31.3 Å². The van der Waals surface area contributed by atoms with Gasteiger partial charge in [0.15, 0.2) is 0 Å². The van der Waals surface area contributed by atoms with Gasteiger partial charge in [-0.25, -0.2) is 8.42 Å². The number of sulfone groups is 1. The number of aromatic nitrogens is 1. The van der Waals surface area contributed by atoms with Crippen LogP contribution in [0.4, 0.5) is 0 Å². The average Bonchev–Trinajstić information content (AvgIpc) is 2.69. The van der Waals surface area contributed by atoms with Crippen molar-refractivity contribution in [2.24, 2.45) is 0 Å². The third-order valence-corrected chi connectivity index (χ3v) is 6.33. The van der Waals surface area contributed by atoms with Crippen molar-refractivity contribution >= 4 is 20.7 Å². The summed E-state index contributed by atoms with van der Waals surface area (Å²) in [6, 6.07) is 15.7. The lowest BCUT2D eigenvalue weighted by Gasteiger charge is -2.24. The summed E-state index contributed by atoms with van der Waals surface area (Å²) in [5.41, 5.74) is 0.693. The number of nitrogens with zero attached hydrogens (tertiary/aromatic N) is 1. The summed E-state index contributed by atoms with van der Waals surface area (Å²) in [5, 5.41) is 4.07. The Bertz CT molecular complexity index is 1010. The number of ether oxygens (including phenoxy) is 1. The van der Waals surface area contributed by atoms with E-state index in [0.29, 0.717) is 11.3 Å². The second-order valence-electron chi connectivity index (χ2n) is 6.38. The van der Waals surface area contributed by atoms with Gasteiger partial charge in [0.2, 0.25) is 9.84 Å². The molecule has 2 aromatic carbocycles. The molecule has 0 amide bonds. The molecule has 134 valence electrons. The molecule has 2 heterocycles. The minimum atomic E-state index is -3.58. The highest BCUT2D eigenvalue weighted by molar-refractivity contribution is 7.91. The number of hydrogen-bond acceptors (Lipinski definition) is 5. The molecule has 3 aromatic rings. The summed E-state index contributed by atoms with van der Waals surface area (Å²) in [5.74, 6) is 0.707. The molecule has 0 unspecified atom stereocenters. The van der Waals surface area contributed by atoms with E-state index < -0.39 is 9.84 Å². The Kier molecular flexibility index (Phi) is 4.61. The first-order chi connectivity index (χ1) is 12.6. The first kappa shape index (κ1) is 17.0. The third kappa shape index (κ3) is 3.30. The molecular formula is C20H20N2O3S. The molecule has 1 saturated heterocycles. The maximum atomic E-state index is 12.8. The quantitative estimate of drug-likeness (QED) is 0.766. The van der Waals surface area contributed by atoms with Crippen LogP contribution in [0, 0.1) is 0 Å². The molecule has 26 heavy (non-hydrogen) atoms. The van der Waals surface area contributed by atoms with E-state index in [1.54, 1.807) is 36.4 Å². The zero-order chi connectivity index (χ0) is 18.0. The van der Waals surface area contributed by atoms with Crippen LogP contribution in [0.15, 0.2) is 70.6 Å². The van der Waals surface area contributed by atoms with Crippen molar-refractivity contribution in [1.82, 2.24) is 10.3 Å². The van der Waals surface area contributed by atoms with Crippen molar-refractivity contribution < 1.29 is 13.2 Å². The molecular weight excluding hydrogens is 348 g/mol. The number of rotatable bonds is 4. The highest BCUT2D eigenvalue weighted by Gasteiger charge is 2.20. The van der Waals surface area contributed by atoms with Gasteiger partial charge in [0.1, 0.15) is 17.4 Å². The molecule has 4 rings (SSSR count). The first-order valence-electron chi connectivity index (χ1n) is 8.71. The van der Waals surface area contributed by atoms with Crippen LogP contribution in [0.25, 0.3) is 10.9 Å². The lowest BCUT2D eigenvalue weighted by atomic mass is 10.1. The van der Waals surface area contributed by atoms with Crippen LogP contribution < -0.4 is 10.1 Å². The number of fused-ring (bicyclic) bond motifs is 1. The van der Waals surface area contributed by atoms with Gasteiger partial charge in [-0.05, 0) is 50.2 Å². The molecule has 0 bridgehead atoms. The van der Waals surface area contributed by atoms with Crippen molar-refractivity contribution in [1.29, 1.82) is 0 Å². The van der Waals surface area contributed by atoms with Gasteiger partial charge in [-0.2, -0.15) is 0 Å². The van der Waals surface area contributed by atoms with E-state index in [-0.39, 0.29) is 15.9 Å². The van der Waals surface area contributed by atoms with E-state index in [2.05, 4.69) is 10.3 Å². The maximum absolute atomic E-state index is 12.8. The zero-order valence-corrected chi connectivity index (χ0v) is 15.1. The largest absolute Gasteiger partial charge is 0.488 e. The van der Waals surface area contributed by atoms with Crippen LogP contribution in [0.5, 0.6) is 5.75 Å². The van der Waals surface area contributed by atoms with Crippen LogP contribution in [0.2, 0.25) is 0 Å². The van der Waals surface area contributed by atoms with E-state index in [1.807, 2.05) is 18.2 Å². The minimum Gasteiger partial charge on any atom is -0.488 e. The molecule has 0 saturated carbocycles. The van der Waals surface area contributed by atoms with Crippen molar-refractivity contribution in [3.8, 4) is 5.75 Å². The van der Waals surface area contributed by atoms with Crippen LogP contribution in [0.3, 0.4) is 0 Å². The predicted molar refractivity (Wildman–Crippen MR) is 100 cm³/mol. The van der Waals surface area contributed by atoms with E-state index >= 15 is 0 Å². The number of nitrogens with one attached hydrogen (secondary N) is 1. The summed E-state index contributed by atoms with van der Waals surface area (Å²) in [6.07, 6.45) is 3.49. The topological polar surface area (TPSA) is 68.3 Å². The van der Waals surface area contributed by atoms with Crippen molar-refractivity contribution in [3.63, 3.8) is 0 Å². The molecule has 1 N–H and O–H groups in total. The fourth-order valence-electron chi connectivity index (χ4n) is 3.18. The van der Waals surface area contributed by atoms with Gasteiger partial charge < -0.3 is 10.1 Å². The Morgan fingerprint density at radius 3 is 2.50 bits per heavy atom. The summed E-state index contributed by atoms with van der Waals surface area (Å²) < 4.78 is 31.7. The average molecular weight is 368 g/mol. The fourth-order valence-corrected chi connectivity index (χ4v) is 4.44. The summed E-state index contributed by atoms with van der Waals surface area (Å²) in [4.78, 5) is 4.88. The second-order valence-corrected chi connectivity index (χ2v) is 8.33. The monoisotopic (exact) mass is 368 g/mol. The Labute approximate surface area is 152 Å². The molecule has 0 atom stereocenters. The van der Waals surface area contributed by atoms with Crippen molar-refractivity contribution in [2.45, 2.75) is 28.7 Å². The van der Waals surface area contributed by atoms with Gasteiger partial charge in [0.05, 0.1) is 9.79 Å². The SMILES string of the molecule is O=S(=O)(c1ccccc1)c1cnc2c(OC3CCNCC3)cccc2c1. The van der Waals surface area contributed by atoms with Gasteiger partial charge in [-0.1, -0.05) is 30.3 Å². The van der Waals surface area contributed by atoms with Crippen LogP contribution >= 0.6 is 0 Å². The Hall–Kier alpha value is -2.44. The Morgan fingerprint density at radius 1 is 0.962 bits per heavy atom. The lowest BCUT2D eigenvalue weighted by Crippen LogP contribution is -2.34. The van der Waals surface area contributed by atoms with E-state index in [1.165, 1.54) is 6.20 Å². The number of pyridine rings is 1. The highest BCUT2D eigenvalue weighted by Crippen LogP contribution is 2.29. The van der Waals surface area contributed by atoms with Gasteiger partial charge in [-0.3, -0.25) is 4.98 Å². The normalized spacial score (nSPS) is 15.8. The third-order valence-electron chi connectivity index (χ3n) is 4.59. The summed E-state index contributed by atoms with van der Waals surface area (Å²) in [6.45, 7) is 1.89. The first-order valence-corrected chi connectivity index (χ1v) is 10.2. The van der Waals surface area contributed by atoms with E-state index in [9.17, 15) is 8.42 Å². The fraction of sp³-hybridized carbons (Fsp3) is 0.250. The molecule has 6 heteroatoms. The molecule has 0 spiro atoms. The predicted octanol–water partition coefficient (Wildman–Crippen LogP) is 3.20. The molecule has 0 aliphatic carbocycles. The van der Waals surface area contributed by atoms with Gasteiger partial charge in [0, 0.05) is 11.6 Å². The van der Waals surface area contributed by atoms with Crippen LogP contribution in [-0.4, -0.2) is 32.6 Å². The summed E-state index contributed by atoms with van der Waals surface area (Å²) in [7, 11) is -3.58. The number of benzene rings is 2. The molecule has 1 aliphatic heterocycles. The van der Waals surface area contributed by atoms with E-state index in [4.69, 9.17) is 4.74 Å². The highest BCUT2D eigenvalue weighted by atomic mass is 32.2. The second kappa shape index (κ2) is 7.05. The smallest absolute Gasteiger partial charge is 0.208 e. The minimum absolute atomic E-state index is 0.163. The van der Waals surface area contributed by atoms with Crippen molar-refractivity contribution in [3.05, 3.63) is 60.8 Å². The van der Waals surface area contributed by atoms with Crippen LogP contribution in [0.1, 0.15) is 12.8 Å². The number of hydrogen-bond donors (Lipinski definition) is 1. The number of piperidine rings is 1. The molecule has 5 nitrogen and oxygen atoms in total. The van der Waals surface area contributed by atoms with Crippen LogP contribution in [-0.2, 0) is 9.84 Å². The van der Waals surface area contributed by atoms with Gasteiger partial charge in [0.25, 0.3) is 0 Å². The number of para-hydroxylation sites is 1. The summed E-state index contributed by atoms with van der Waals surface area (Å²) >= 11 is 0. The van der Waals surface area contributed by atoms with Crippen molar-refractivity contribution in [2.75, 3.05) is 13.1 Å². The molecule has 1 aromatic heterocycles. The molecule has 1 aliphatic rings. The lowest BCUT2D eigenvalue weighted by molar-refractivity contribution is 0.164. The zero-order valence-electron chi connectivity index (χ0n) is 14.3. The molecule has 0 radical (unpaired) electrons. The standard InChI is InChI=1S/C20H20N2O3S/c23-26(24,17-6-2-1-3-7-17)18-13-15-5-4-8-19(20(15)22-14-18)25-16-9-11-21-12-10-16/h1-8,13-14,16,21H,9-12H2. The Balaban J connectivity index is 1.70. The maximum Gasteiger partial charge on any atom is 0.208 e. The Morgan fingerprint density at radius 2 is 1.73 bits per heavy atom.